The average Bonchev–Trinajstić information content (AvgIpc) is 2.93. The summed E-state index contributed by atoms with van der Waals surface area (Å²) in [5.41, 5.74) is 5.81. The fraction of sp³-hybridized carbons (Fsp3) is 0.947. The van der Waals surface area contributed by atoms with Crippen molar-refractivity contribution in [3.05, 3.63) is 0 Å². The van der Waals surface area contributed by atoms with Crippen LogP contribution >= 0.6 is 0 Å². The molecule has 130 valence electrons. The van der Waals surface area contributed by atoms with Gasteiger partial charge in [-0.05, 0) is 6.42 Å². The molecule has 1 aliphatic heterocycles. The zero-order chi connectivity index (χ0) is 15.9. The molecule has 0 spiro atoms. The molecular formula is C19H39N3. The molecule has 0 saturated carbocycles. The highest BCUT2D eigenvalue weighted by atomic mass is 15.3. The van der Waals surface area contributed by atoms with E-state index in [4.69, 9.17) is 5.73 Å². The molecule has 1 rings (SSSR count). The Bertz CT molecular complexity index is 276. The van der Waals surface area contributed by atoms with Crippen LogP contribution in [-0.2, 0) is 0 Å². The topological polar surface area (TPSA) is 41.6 Å². The van der Waals surface area contributed by atoms with Gasteiger partial charge in [0.1, 0.15) is 0 Å². The zero-order valence-corrected chi connectivity index (χ0v) is 15.0. The number of hydrogen-bond donors (Lipinski definition) is 1. The fourth-order valence-corrected chi connectivity index (χ4v) is 3.22. The Labute approximate surface area is 138 Å². The zero-order valence-electron chi connectivity index (χ0n) is 15.0. The van der Waals surface area contributed by atoms with Crippen molar-refractivity contribution < 1.29 is 0 Å². The van der Waals surface area contributed by atoms with Gasteiger partial charge in [-0.1, -0.05) is 90.4 Å². The van der Waals surface area contributed by atoms with E-state index < -0.39 is 0 Å². The van der Waals surface area contributed by atoms with E-state index in [1.807, 2.05) is 0 Å². The van der Waals surface area contributed by atoms with Gasteiger partial charge in [-0.2, -0.15) is 0 Å². The number of rotatable bonds is 15. The Morgan fingerprint density at radius 3 is 1.64 bits per heavy atom. The number of aliphatic imine (C=N–C) groups is 1. The Hall–Kier alpha value is -0.730. The van der Waals surface area contributed by atoms with E-state index >= 15 is 0 Å². The van der Waals surface area contributed by atoms with Crippen LogP contribution in [0.1, 0.15) is 96.8 Å². The van der Waals surface area contributed by atoms with E-state index in [-0.39, 0.29) is 0 Å². The first kappa shape index (κ1) is 19.3. The predicted octanol–water partition coefficient (Wildman–Crippen LogP) is 5.10. The molecule has 0 radical (unpaired) electrons. The summed E-state index contributed by atoms with van der Waals surface area (Å²) in [5, 5.41) is 0. The Balaban J connectivity index is 1.70. The highest BCUT2D eigenvalue weighted by molar-refractivity contribution is 5.79. The molecule has 1 heterocycles. The summed E-state index contributed by atoms with van der Waals surface area (Å²) in [5.74, 6) is 0.759. The maximum atomic E-state index is 5.81. The molecule has 0 aromatic heterocycles. The van der Waals surface area contributed by atoms with Crippen LogP contribution in [0.2, 0.25) is 0 Å². The van der Waals surface area contributed by atoms with E-state index in [1.165, 1.54) is 89.9 Å². The van der Waals surface area contributed by atoms with Crippen molar-refractivity contribution in [3.63, 3.8) is 0 Å². The van der Waals surface area contributed by atoms with Gasteiger partial charge in [0.15, 0.2) is 5.96 Å². The van der Waals surface area contributed by atoms with Crippen molar-refractivity contribution in [3.8, 4) is 0 Å². The summed E-state index contributed by atoms with van der Waals surface area (Å²) in [7, 11) is 0. The van der Waals surface area contributed by atoms with E-state index in [0.717, 1.165) is 25.6 Å². The quantitative estimate of drug-likeness (QED) is 0.428. The summed E-state index contributed by atoms with van der Waals surface area (Å²) >= 11 is 0. The van der Waals surface area contributed by atoms with E-state index in [1.54, 1.807) is 0 Å². The Kier molecular flexibility index (Phi) is 12.2. The van der Waals surface area contributed by atoms with Crippen molar-refractivity contribution in [2.75, 3.05) is 19.6 Å². The summed E-state index contributed by atoms with van der Waals surface area (Å²) < 4.78 is 0. The molecule has 0 aromatic rings. The molecule has 0 amide bonds. The lowest BCUT2D eigenvalue weighted by molar-refractivity contribution is 0.426. The third kappa shape index (κ3) is 10.1. The van der Waals surface area contributed by atoms with Crippen LogP contribution in [-0.4, -0.2) is 30.5 Å². The molecule has 3 heteroatoms. The minimum atomic E-state index is 0.759. The second kappa shape index (κ2) is 13.9. The minimum Gasteiger partial charge on any atom is -0.370 e. The molecule has 0 bridgehead atoms. The van der Waals surface area contributed by atoms with Crippen LogP contribution in [0.4, 0.5) is 0 Å². The lowest BCUT2D eigenvalue weighted by Crippen LogP contribution is -2.34. The normalized spacial score (nSPS) is 14.6. The maximum absolute atomic E-state index is 5.81. The van der Waals surface area contributed by atoms with Crippen LogP contribution in [0.15, 0.2) is 4.99 Å². The van der Waals surface area contributed by atoms with Crippen molar-refractivity contribution >= 4 is 5.96 Å². The van der Waals surface area contributed by atoms with Crippen LogP contribution in [0.3, 0.4) is 0 Å². The average molecular weight is 310 g/mol. The molecule has 0 aliphatic carbocycles. The minimum absolute atomic E-state index is 0.759. The molecular weight excluding hydrogens is 270 g/mol. The number of unbranched alkanes of at least 4 members (excludes halogenated alkanes) is 13. The van der Waals surface area contributed by atoms with E-state index in [2.05, 4.69) is 16.8 Å². The standard InChI is InChI=1S/C19H39N3/c1-2-3-4-5-6-7-8-9-10-11-12-13-14-15-17-22-18-16-21-19(22)20/h2-18H2,1H3,(H2,20,21). The molecule has 22 heavy (non-hydrogen) atoms. The molecule has 0 aromatic carbocycles. The Morgan fingerprint density at radius 2 is 1.23 bits per heavy atom. The first-order valence-electron chi connectivity index (χ1n) is 9.89. The summed E-state index contributed by atoms with van der Waals surface area (Å²) in [6.07, 6.45) is 19.8. The first-order valence-corrected chi connectivity index (χ1v) is 9.89. The van der Waals surface area contributed by atoms with Crippen LogP contribution < -0.4 is 5.73 Å². The van der Waals surface area contributed by atoms with Gasteiger partial charge in [-0.3, -0.25) is 4.99 Å². The van der Waals surface area contributed by atoms with Gasteiger partial charge in [0, 0.05) is 13.1 Å². The van der Waals surface area contributed by atoms with Crippen molar-refractivity contribution in [2.45, 2.75) is 96.8 Å². The van der Waals surface area contributed by atoms with Gasteiger partial charge >= 0.3 is 0 Å². The first-order chi connectivity index (χ1) is 10.8. The summed E-state index contributed by atoms with van der Waals surface area (Å²) in [6.45, 7) is 5.32. The third-order valence-corrected chi connectivity index (χ3v) is 4.75. The van der Waals surface area contributed by atoms with Crippen molar-refractivity contribution in [2.24, 2.45) is 10.7 Å². The summed E-state index contributed by atoms with van der Waals surface area (Å²) in [4.78, 5) is 6.45. The van der Waals surface area contributed by atoms with Gasteiger partial charge in [0.2, 0.25) is 0 Å². The smallest absolute Gasteiger partial charge is 0.191 e. The molecule has 1 aliphatic rings. The van der Waals surface area contributed by atoms with Gasteiger partial charge in [-0.15, -0.1) is 0 Å². The second-order valence-corrected chi connectivity index (χ2v) is 6.82. The lowest BCUT2D eigenvalue weighted by atomic mass is 10.0. The summed E-state index contributed by atoms with van der Waals surface area (Å²) in [6, 6.07) is 0. The molecule has 2 N–H and O–H groups in total. The predicted molar refractivity (Wildman–Crippen MR) is 98.4 cm³/mol. The largest absolute Gasteiger partial charge is 0.370 e. The highest BCUT2D eigenvalue weighted by Gasteiger charge is 2.11. The molecule has 0 atom stereocenters. The van der Waals surface area contributed by atoms with E-state index in [0.29, 0.717) is 0 Å². The number of nitrogens with two attached hydrogens (primary N) is 1. The van der Waals surface area contributed by atoms with Crippen molar-refractivity contribution in [1.82, 2.24) is 4.90 Å². The molecule has 0 saturated heterocycles. The SMILES string of the molecule is CCCCCCCCCCCCCCCCN1CCN=C1N. The van der Waals surface area contributed by atoms with Crippen molar-refractivity contribution in [1.29, 1.82) is 0 Å². The van der Waals surface area contributed by atoms with Crippen LogP contribution in [0, 0.1) is 0 Å². The number of nitrogens with zero attached hydrogens (tertiary/aromatic N) is 2. The number of guanidine groups is 1. The maximum Gasteiger partial charge on any atom is 0.191 e. The van der Waals surface area contributed by atoms with Gasteiger partial charge in [0.25, 0.3) is 0 Å². The van der Waals surface area contributed by atoms with Gasteiger partial charge in [-0.25, -0.2) is 0 Å². The van der Waals surface area contributed by atoms with Crippen LogP contribution in [0.5, 0.6) is 0 Å². The monoisotopic (exact) mass is 309 g/mol. The third-order valence-electron chi connectivity index (χ3n) is 4.75. The molecule has 0 fully saturated rings. The van der Waals surface area contributed by atoms with E-state index in [9.17, 15) is 0 Å². The van der Waals surface area contributed by atoms with Gasteiger partial charge < -0.3 is 10.6 Å². The molecule has 3 nitrogen and oxygen atoms in total. The number of hydrogen-bond acceptors (Lipinski definition) is 3. The van der Waals surface area contributed by atoms with Gasteiger partial charge in [0.05, 0.1) is 6.54 Å². The fourth-order valence-electron chi connectivity index (χ4n) is 3.22. The second-order valence-electron chi connectivity index (χ2n) is 6.82. The lowest BCUT2D eigenvalue weighted by Gasteiger charge is -2.16. The Morgan fingerprint density at radius 1 is 0.773 bits per heavy atom. The highest BCUT2D eigenvalue weighted by Crippen LogP contribution is 2.13. The van der Waals surface area contributed by atoms with Crippen LogP contribution in [0.25, 0.3) is 0 Å². The molecule has 0 unspecified atom stereocenters.